The number of aryl methyl sites for hydroxylation is 4. The molecule has 0 N–H and O–H groups in total. The lowest BCUT2D eigenvalue weighted by Crippen LogP contribution is -2.28. The van der Waals surface area contributed by atoms with E-state index in [9.17, 15) is 0 Å². The van der Waals surface area contributed by atoms with E-state index >= 15 is 0 Å². The highest BCUT2D eigenvalue weighted by molar-refractivity contribution is 5.98. The zero-order valence-electron chi connectivity index (χ0n) is 19.7. The molecule has 32 heavy (non-hydrogen) atoms. The van der Waals surface area contributed by atoms with Crippen molar-refractivity contribution in [2.24, 2.45) is 0 Å². The molecule has 1 unspecified atom stereocenters. The molecule has 1 aromatic heterocycles. The fourth-order valence-corrected chi connectivity index (χ4v) is 5.57. The first kappa shape index (κ1) is 20.9. The molecule has 3 aromatic carbocycles. The second-order valence-electron chi connectivity index (χ2n) is 9.36. The van der Waals surface area contributed by atoms with E-state index in [1.165, 1.54) is 63.4 Å². The van der Waals surface area contributed by atoms with E-state index in [0.717, 1.165) is 17.9 Å². The van der Waals surface area contributed by atoms with Crippen LogP contribution in [0, 0.1) is 20.8 Å². The summed E-state index contributed by atoms with van der Waals surface area (Å²) >= 11 is 0. The van der Waals surface area contributed by atoms with Crippen LogP contribution in [0.3, 0.4) is 0 Å². The molecule has 0 fully saturated rings. The van der Waals surface area contributed by atoms with E-state index in [1.54, 1.807) is 0 Å². The average Bonchev–Trinajstić information content (AvgIpc) is 2.80. The van der Waals surface area contributed by atoms with Crippen molar-refractivity contribution in [1.29, 1.82) is 0 Å². The first-order chi connectivity index (χ1) is 15.5. The van der Waals surface area contributed by atoms with Gasteiger partial charge in [-0.25, -0.2) is 0 Å². The Bertz CT molecular complexity index is 1270. The van der Waals surface area contributed by atoms with Gasteiger partial charge < -0.3 is 0 Å². The molecule has 1 aliphatic rings. The summed E-state index contributed by atoms with van der Waals surface area (Å²) in [5, 5.41) is 2.58. The minimum Gasteiger partial charge on any atom is -0.295 e. The number of rotatable bonds is 4. The molecule has 2 nitrogen and oxygen atoms in total. The number of pyridine rings is 1. The monoisotopic (exact) mass is 420 g/mol. The Morgan fingerprint density at radius 1 is 0.844 bits per heavy atom. The number of aromatic nitrogens is 1. The van der Waals surface area contributed by atoms with Gasteiger partial charge in [-0.15, -0.1) is 0 Å². The second kappa shape index (κ2) is 8.52. The highest BCUT2D eigenvalue weighted by Gasteiger charge is 2.25. The smallest absolute Gasteiger partial charge is 0.0789 e. The summed E-state index contributed by atoms with van der Waals surface area (Å²) in [7, 11) is 2.28. The van der Waals surface area contributed by atoms with Crippen LogP contribution in [0.25, 0.3) is 22.0 Å². The summed E-state index contributed by atoms with van der Waals surface area (Å²) in [5.74, 6) is 0. The maximum atomic E-state index is 5.21. The van der Waals surface area contributed by atoms with Crippen molar-refractivity contribution < 1.29 is 0 Å². The van der Waals surface area contributed by atoms with E-state index in [0.29, 0.717) is 6.04 Å². The normalized spacial score (nSPS) is 15.8. The maximum absolute atomic E-state index is 5.21. The van der Waals surface area contributed by atoms with E-state index in [1.807, 2.05) is 0 Å². The highest BCUT2D eigenvalue weighted by atomic mass is 15.1. The number of benzene rings is 3. The number of hydrogen-bond acceptors (Lipinski definition) is 2. The van der Waals surface area contributed by atoms with E-state index in [2.05, 4.69) is 99.4 Å². The fourth-order valence-electron chi connectivity index (χ4n) is 5.57. The summed E-state index contributed by atoms with van der Waals surface area (Å²) in [6.45, 7) is 7.47. The van der Waals surface area contributed by atoms with E-state index < -0.39 is 0 Å². The molecule has 2 heteroatoms. The van der Waals surface area contributed by atoms with Crippen LogP contribution >= 0.6 is 0 Å². The average molecular weight is 421 g/mol. The number of hydrogen-bond donors (Lipinski definition) is 0. The van der Waals surface area contributed by atoms with E-state index in [4.69, 9.17) is 4.98 Å². The van der Waals surface area contributed by atoms with Gasteiger partial charge in [-0.1, -0.05) is 66.7 Å². The zero-order valence-corrected chi connectivity index (χ0v) is 19.7. The summed E-state index contributed by atoms with van der Waals surface area (Å²) < 4.78 is 0. The Morgan fingerprint density at radius 3 is 2.31 bits per heavy atom. The summed E-state index contributed by atoms with van der Waals surface area (Å²) in [5.41, 5.74) is 10.5. The van der Waals surface area contributed by atoms with Gasteiger partial charge in [-0.2, -0.15) is 0 Å². The van der Waals surface area contributed by atoms with Crippen molar-refractivity contribution in [2.75, 3.05) is 7.05 Å². The Kier molecular flexibility index (Phi) is 5.57. The number of fused-ring (bicyclic) bond motifs is 2. The zero-order chi connectivity index (χ0) is 22.2. The minimum absolute atomic E-state index is 0.469. The van der Waals surface area contributed by atoms with Gasteiger partial charge in [0.25, 0.3) is 0 Å². The van der Waals surface area contributed by atoms with Crippen LogP contribution in [0.15, 0.2) is 66.7 Å². The number of nitrogens with zero attached hydrogens (tertiary/aromatic N) is 2. The van der Waals surface area contributed by atoms with Crippen LogP contribution in [0.1, 0.15) is 52.4 Å². The molecule has 0 saturated carbocycles. The fraction of sp³-hybridized carbons (Fsp3) is 0.300. The first-order valence-electron chi connectivity index (χ1n) is 11.8. The molecule has 5 rings (SSSR count). The van der Waals surface area contributed by atoms with Gasteiger partial charge in [-0.3, -0.25) is 9.88 Å². The first-order valence-corrected chi connectivity index (χ1v) is 11.8. The third kappa shape index (κ3) is 3.63. The molecular weight excluding hydrogens is 388 g/mol. The van der Waals surface area contributed by atoms with Crippen molar-refractivity contribution in [3.8, 4) is 11.3 Å². The van der Waals surface area contributed by atoms with Crippen molar-refractivity contribution in [3.05, 3.63) is 100 Å². The Labute approximate surface area is 191 Å². The van der Waals surface area contributed by atoms with Crippen LogP contribution < -0.4 is 0 Å². The van der Waals surface area contributed by atoms with Crippen molar-refractivity contribution in [2.45, 2.75) is 52.6 Å². The molecule has 0 radical (unpaired) electrons. The Balaban J connectivity index is 1.59. The largest absolute Gasteiger partial charge is 0.295 e. The van der Waals surface area contributed by atoms with Gasteiger partial charge in [0, 0.05) is 29.2 Å². The molecule has 0 saturated heterocycles. The molecule has 0 bridgehead atoms. The lowest BCUT2D eigenvalue weighted by Gasteiger charge is -2.34. The van der Waals surface area contributed by atoms with Gasteiger partial charge >= 0.3 is 0 Å². The molecule has 1 atom stereocenters. The third-order valence-corrected chi connectivity index (χ3v) is 7.22. The standard InChI is InChI=1S/C30H32N2/c1-20-11-9-12-21(2)29(20)30-26-17-8-7-16-25(26)27(22(3)31-30)19-32(4)28-18-10-14-23-13-5-6-15-24(23)28/h5-9,11-13,15-17,28H,10,14,18-19H2,1-4H3. The molecule has 0 aliphatic heterocycles. The lowest BCUT2D eigenvalue weighted by atomic mass is 9.86. The summed E-state index contributed by atoms with van der Waals surface area (Å²) in [6.07, 6.45) is 3.68. The quantitative estimate of drug-likeness (QED) is 0.343. The van der Waals surface area contributed by atoms with Crippen LogP contribution in [-0.2, 0) is 13.0 Å². The minimum atomic E-state index is 0.469. The predicted octanol–water partition coefficient (Wildman–Crippen LogP) is 7.34. The van der Waals surface area contributed by atoms with Crippen molar-refractivity contribution >= 4 is 10.8 Å². The Morgan fingerprint density at radius 2 is 1.53 bits per heavy atom. The molecule has 162 valence electrons. The molecule has 0 spiro atoms. The van der Waals surface area contributed by atoms with Gasteiger partial charge in [0.1, 0.15) is 0 Å². The van der Waals surface area contributed by atoms with Gasteiger partial charge in [-0.05, 0) is 80.3 Å². The van der Waals surface area contributed by atoms with Crippen molar-refractivity contribution in [1.82, 2.24) is 9.88 Å². The van der Waals surface area contributed by atoms with Gasteiger partial charge in [0.15, 0.2) is 0 Å². The van der Waals surface area contributed by atoms with Gasteiger partial charge in [0.05, 0.1) is 5.69 Å². The van der Waals surface area contributed by atoms with Crippen LogP contribution in [-0.4, -0.2) is 16.9 Å². The SMILES string of the molecule is Cc1cccc(C)c1-c1nc(C)c(CN(C)C2CCCc3ccccc32)c2ccccc12. The van der Waals surface area contributed by atoms with Crippen LogP contribution in [0.2, 0.25) is 0 Å². The molecule has 1 heterocycles. The summed E-state index contributed by atoms with van der Waals surface area (Å²) in [4.78, 5) is 7.74. The topological polar surface area (TPSA) is 16.1 Å². The third-order valence-electron chi connectivity index (χ3n) is 7.22. The Hall–Kier alpha value is -2.97. The molecule has 1 aliphatic carbocycles. The van der Waals surface area contributed by atoms with Crippen LogP contribution in [0.5, 0.6) is 0 Å². The highest BCUT2D eigenvalue weighted by Crippen LogP contribution is 2.37. The second-order valence-corrected chi connectivity index (χ2v) is 9.36. The predicted molar refractivity (Wildman–Crippen MR) is 135 cm³/mol. The van der Waals surface area contributed by atoms with Crippen molar-refractivity contribution in [3.63, 3.8) is 0 Å². The van der Waals surface area contributed by atoms with E-state index in [-0.39, 0.29) is 0 Å². The molecule has 0 amide bonds. The lowest BCUT2D eigenvalue weighted by molar-refractivity contribution is 0.213. The van der Waals surface area contributed by atoms with Gasteiger partial charge in [0.2, 0.25) is 0 Å². The summed E-state index contributed by atoms with van der Waals surface area (Å²) in [6, 6.07) is 24.8. The maximum Gasteiger partial charge on any atom is 0.0789 e. The molecular formula is C30H32N2. The molecule has 4 aromatic rings. The van der Waals surface area contributed by atoms with Crippen LogP contribution in [0.4, 0.5) is 0 Å².